The van der Waals surface area contributed by atoms with Crippen molar-refractivity contribution in [2.45, 2.75) is 6.54 Å². The van der Waals surface area contributed by atoms with Crippen molar-refractivity contribution >= 4 is 23.8 Å². The number of hydrogen-bond donors (Lipinski definition) is 1. The molecule has 0 aliphatic carbocycles. The molecule has 6 nitrogen and oxygen atoms in total. The van der Waals surface area contributed by atoms with Crippen LogP contribution < -0.4 is 15.4 Å². The van der Waals surface area contributed by atoms with Gasteiger partial charge in [-0.05, 0) is 17.7 Å². The number of imide groups is 1. The number of amides is 2. The second-order valence-electron chi connectivity index (χ2n) is 3.48. The Bertz CT molecular complexity index is 498. The smallest absolute Gasteiger partial charge is 0.298 e. The van der Waals surface area contributed by atoms with E-state index in [1.807, 2.05) is 0 Å². The minimum Gasteiger partial charge on any atom is -0.482 e. The number of rotatable bonds is 2. The van der Waals surface area contributed by atoms with Gasteiger partial charge in [-0.15, -0.1) is 0 Å². The van der Waals surface area contributed by atoms with Gasteiger partial charge in [0.1, 0.15) is 5.75 Å². The summed E-state index contributed by atoms with van der Waals surface area (Å²) in [5, 5.41) is 0. The molecule has 1 aromatic carbocycles. The lowest BCUT2D eigenvalue weighted by Crippen LogP contribution is -2.43. The van der Waals surface area contributed by atoms with E-state index in [0.29, 0.717) is 5.75 Å². The molecule has 2 N–H and O–H groups in total. The van der Waals surface area contributed by atoms with E-state index >= 15 is 0 Å². The lowest BCUT2D eigenvalue weighted by atomic mass is 10.1. The van der Waals surface area contributed by atoms with Crippen molar-refractivity contribution in [1.82, 2.24) is 0 Å². The molecule has 2 amide bonds. The molecule has 0 unspecified atom stereocenters. The zero-order valence-electron chi connectivity index (χ0n) is 8.88. The fourth-order valence-electron chi connectivity index (χ4n) is 1.62. The summed E-state index contributed by atoms with van der Waals surface area (Å²) in [6.07, 6.45) is 0.0993. The van der Waals surface area contributed by atoms with Crippen LogP contribution in [0.15, 0.2) is 18.2 Å². The molecule has 0 radical (unpaired) electrons. The standard InChI is InChI=1S/C11H10N2O4/c12-4-7-1-2-9-8(3-7)13(10(15)5-14)11(16)6-17-9/h1-3,5H,4,6,12H2. The van der Waals surface area contributed by atoms with E-state index in [1.54, 1.807) is 18.2 Å². The minimum absolute atomic E-state index is 0.0993. The van der Waals surface area contributed by atoms with Crippen LogP contribution in [-0.4, -0.2) is 24.7 Å². The summed E-state index contributed by atoms with van der Waals surface area (Å²) in [6.45, 7) is 0.0130. The number of aldehydes is 1. The Morgan fingerprint density at radius 3 is 2.94 bits per heavy atom. The molecule has 6 heteroatoms. The highest BCUT2D eigenvalue weighted by atomic mass is 16.5. The zero-order valence-corrected chi connectivity index (χ0v) is 8.88. The predicted molar refractivity (Wildman–Crippen MR) is 58.4 cm³/mol. The van der Waals surface area contributed by atoms with Gasteiger partial charge in [0.15, 0.2) is 6.61 Å². The van der Waals surface area contributed by atoms with E-state index in [1.165, 1.54) is 0 Å². The Morgan fingerprint density at radius 1 is 1.53 bits per heavy atom. The van der Waals surface area contributed by atoms with Crippen LogP contribution in [0.5, 0.6) is 5.75 Å². The molecule has 0 saturated carbocycles. The van der Waals surface area contributed by atoms with E-state index in [-0.39, 0.29) is 25.1 Å². The molecule has 0 saturated heterocycles. The molecule has 0 spiro atoms. The van der Waals surface area contributed by atoms with Gasteiger partial charge in [-0.2, -0.15) is 0 Å². The molecular formula is C11H10N2O4. The van der Waals surface area contributed by atoms with Crippen LogP contribution in [0, 0.1) is 0 Å². The predicted octanol–water partition coefficient (Wildman–Crippen LogP) is -0.404. The van der Waals surface area contributed by atoms with Gasteiger partial charge in [-0.3, -0.25) is 14.4 Å². The topological polar surface area (TPSA) is 89.7 Å². The number of carbonyl (C=O) groups excluding carboxylic acids is 3. The molecule has 0 atom stereocenters. The van der Waals surface area contributed by atoms with E-state index in [2.05, 4.69) is 0 Å². The van der Waals surface area contributed by atoms with Crippen molar-refractivity contribution in [3.8, 4) is 5.75 Å². The molecular weight excluding hydrogens is 224 g/mol. The maximum atomic E-state index is 11.5. The number of hydrogen-bond acceptors (Lipinski definition) is 5. The minimum atomic E-state index is -0.909. The van der Waals surface area contributed by atoms with Crippen LogP contribution in [-0.2, 0) is 20.9 Å². The first-order valence-electron chi connectivity index (χ1n) is 4.95. The third-order valence-corrected chi connectivity index (χ3v) is 2.42. The van der Waals surface area contributed by atoms with Crippen molar-refractivity contribution in [2.75, 3.05) is 11.5 Å². The van der Waals surface area contributed by atoms with Crippen LogP contribution in [0.1, 0.15) is 5.56 Å². The maximum Gasteiger partial charge on any atom is 0.298 e. The molecule has 88 valence electrons. The molecule has 1 aliphatic heterocycles. The Balaban J connectivity index is 2.52. The third-order valence-electron chi connectivity index (χ3n) is 2.42. The second-order valence-corrected chi connectivity index (χ2v) is 3.48. The third kappa shape index (κ3) is 1.90. The average Bonchev–Trinajstić information content (AvgIpc) is 2.37. The molecule has 1 aliphatic rings. The van der Waals surface area contributed by atoms with Gasteiger partial charge >= 0.3 is 0 Å². The normalized spacial score (nSPS) is 13.9. The number of nitrogens with zero attached hydrogens (tertiary/aromatic N) is 1. The number of carbonyl (C=O) groups is 3. The first-order chi connectivity index (χ1) is 8.17. The molecule has 17 heavy (non-hydrogen) atoms. The first-order valence-corrected chi connectivity index (χ1v) is 4.95. The lowest BCUT2D eigenvalue weighted by Gasteiger charge is -2.26. The van der Waals surface area contributed by atoms with Gasteiger partial charge in [0.2, 0.25) is 6.29 Å². The number of anilines is 1. The van der Waals surface area contributed by atoms with Gasteiger partial charge in [0.25, 0.3) is 11.8 Å². The number of benzene rings is 1. The molecule has 0 aromatic heterocycles. The van der Waals surface area contributed by atoms with E-state index in [9.17, 15) is 14.4 Å². The van der Waals surface area contributed by atoms with Crippen molar-refractivity contribution < 1.29 is 19.1 Å². The van der Waals surface area contributed by atoms with Crippen LogP contribution >= 0.6 is 0 Å². The SMILES string of the molecule is NCc1ccc2c(c1)N(C(=O)C=O)C(=O)CO2. The Kier molecular flexibility index (Phi) is 2.88. The quantitative estimate of drug-likeness (QED) is 0.555. The summed E-state index contributed by atoms with van der Waals surface area (Å²) in [4.78, 5) is 34.3. The molecule has 0 bridgehead atoms. The zero-order chi connectivity index (χ0) is 12.4. The Labute approximate surface area is 96.9 Å². The molecule has 1 heterocycles. The van der Waals surface area contributed by atoms with Crippen molar-refractivity contribution in [2.24, 2.45) is 5.73 Å². The number of fused-ring (bicyclic) bond motifs is 1. The summed E-state index contributed by atoms with van der Waals surface area (Å²) in [5.74, 6) is -1.09. The lowest BCUT2D eigenvalue weighted by molar-refractivity contribution is -0.134. The van der Waals surface area contributed by atoms with Gasteiger partial charge in [0.05, 0.1) is 5.69 Å². The van der Waals surface area contributed by atoms with E-state index < -0.39 is 11.8 Å². The Morgan fingerprint density at radius 2 is 2.29 bits per heavy atom. The highest BCUT2D eigenvalue weighted by Gasteiger charge is 2.30. The van der Waals surface area contributed by atoms with Crippen LogP contribution in [0.3, 0.4) is 0 Å². The van der Waals surface area contributed by atoms with Gasteiger partial charge < -0.3 is 10.5 Å². The molecule has 2 rings (SSSR count). The van der Waals surface area contributed by atoms with Gasteiger partial charge in [0, 0.05) is 6.54 Å². The van der Waals surface area contributed by atoms with Gasteiger partial charge in [-0.25, -0.2) is 4.90 Å². The largest absolute Gasteiger partial charge is 0.482 e. The van der Waals surface area contributed by atoms with Gasteiger partial charge in [-0.1, -0.05) is 6.07 Å². The van der Waals surface area contributed by atoms with Crippen molar-refractivity contribution in [1.29, 1.82) is 0 Å². The van der Waals surface area contributed by atoms with Crippen molar-refractivity contribution in [3.05, 3.63) is 23.8 Å². The Hall–Kier alpha value is -2.21. The summed E-state index contributed by atoms with van der Waals surface area (Å²) in [6, 6.07) is 4.92. The fraction of sp³-hybridized carbons (Fsp3) is 0.182. The first kappa shape index (κ1) is 11.3. The average molecular weight is 234 g/mol. The van der Waals surface area contributed by atoms with Crippen LogP contribution in [0.2, 0.25) is 0 Å². The van der Waals surface area contributed by atoms with E-state index in [0.717, 1.165) is 10.5 Å². The fourth-order valence-corrected chi connectivity index (χ4v) is 1.62. The molecule has 1 aromatic rings. The second kappa shape index (κ2) is 4.34. The summed E-state index contributed by atoms with van der Waals surface area (Å²) in [5.41, 5.74) is 6.48. The maximum absolute atomic E-state index is 11.5. The summed E-state index contributed by atoms with van der Waals surface area (Å²) < 4.78 is 5.16. The summed E-state index contributed by atoms with van der Waals surface area (Å²) in [7, 11) is 0. The number of ether oxygens (including phenoxy) is 1. The monoisotopic (exact) mass is 234 g/mol. The molecule has 0 fully saturated rings. The number of nitrogens with two attached hydrogens (primary N) is 1. The van der Waals surface area contributed by atoms with Crippen molar-refractivity contribution in [3.63, 3.8) is 0 Å². The van der Waals surface area contributed by atoms with Crippen LogP contribution in [0.25, 0.3) is 0 Å². The highest BCUT2D eigenvalue weighted by Crippen LogP contribution is 2.32. The highest BCUT2D eigenvalue weighted by molar-refractivity contribution is 6.38. The van der Waals surface area contributed by atoms with Crippen LogP contribution in [0.4, 0.5) is 5.69 Å². The summed E-state index contributed by atoms with van der Waals surface area (Å²) >= 11 is 0. The van der Waals surface area contributed by atoms with E-state index in [4.69, 9.17) is 10.5 Å².